The molecule has 1 unspecified atom stereocenters. The minimum atomic E-state index is -1.78. The third-order valence-electron chi connectivity index (χ3n) is 5.01. The average Bonchev–Trinajstić information content (AvgIpc) is 2.46. The van der Waals surface area contributed by atoms with Gasteiger partial charge in [-0.15, -0.1) is 0 Å². The second-order valence-electron chi connectivity index (χ2n) is 7.98. The van der Waals surface area contributed by atoms with Crippen molar-refractivity contribution in [2.45, 2.75) is 71.3 Å². The molecule has 1 aliphatic heterocycles. The number of halogens is 1. The molecule has 0 saturated heterocycles. The quantitative estimate of drug-likeness (QED) is 0.742. The van der Waals surface area contributed by atoms with E-state index in [4.69, 9.17) is 16.0 Å². The first kappa shape index (κ1) is 18.5. The van der Waals surface area contributed by atoms with Gasteiger partial charge in [0.2, 0.25) is 0 Å². The molecule has 0 amide bonds. The third kappa shape index (κ3) is 4.58. The van der Waals surface area contributed by atoms with E-state index in [1.807, 2.05) is 6.07 Å². The van der Waals surface area contributed by atoms with E-state index in [-0.39, 0.29) is 5.04 Å². The second-order valence-corrected chi connectivity index (χ2v) is 13.2. The fourth-order valence-corrected chi connectivity index (χ4v) is 3.33. The molecule has 1 aromatic rings. The standard InChI is InChI=1S/C18H29ClN2OSi/c1-13-7-10-17(21-20-13)14-8-9-16(19)15(11-14)12-22-23(5,6)18(2,3)4/h8-9,11,13,20H,7,10,12H2,1-6H3. The maximum absolute atomic E-state index is 6.38. The molecule has 0 spiro atoms. The Morgan fingerprint density at radius 1 is 1.35 bits per heavy atom. The van der Waals surface area contributed by atoms with Gasteiger partial charge in [-0.1, -0.05) is 38.4 Å². The lowest BCUT2D eigenvalue weighted by atomic mass is 10.0. The first-order valence-electron chi connectivity index (χ1n) is 8.35. The summed E-state index contributed by atoms with van der Waals surface area (Å²) in [5.74, 6) is 0. The number of nitrogens with one attached hydrogen (secondary N) is 1. The summed E-state index contributed by atoms with van der Waals surface area (Å²) in [5.41, 5.74) is 6.47. The van der Waals surface area contributed by atoms with Gasteiger partial charge in [-0.05, 0) is 61.2 Å². The van der Waals surface area contributed by atoms with Crippen LogP contribution in [0.5, 0.6) is 0 Å². The summed E-state index contributed by atoms with van der Waals surface area (Å²) in [4.78, 5) is 0. The minimum absolute atomic E-state index is 0.199. The smallest absolute Gasteiger partial charge is 0.192 e. The SMILES string of the molecule is CC1CCC(c2ccc(Cl)c(CO[Si](C)(C)C(C)(C)C)c2)=NN1. The molecule has 1 aliphatic rings. The molecule has 0 fully saturated rings. The first-order chi connectivity index (χ1) is 10.6. The summed E-state index contributed by atoms with van der Waals surface area (Å²) >= 11 is 6.38. The highest BCUT2D eigenvalue weighted by Gasteiger charge is 2.37. The van der Waals surface area contributed by atoms with E-state index >= 15 is 0 Å². The van der Waals surface area contributed by atoms with Crippen LogP contribution in [0.3, 0.4) is 0 Å². The van der Waals surface area contributed by atoms with Gasteiger partial charge in [-0.25, -0.2) is 0 Å². The lowest BCUT2D eigenvalue weighted by Gasteiger charge is -2.36. The zero-order valence-corrected chi connectivity index (χ0v) is 16.9. The second kappa shape index (κ2) is 6.95. The third-order valence-corrected chi connectivity index (χ3v) is 9.85. The van der Waals surface area contributed by atoms with Crippen molar-refractivity contribution in [1.82, 2.24) is 5.43 Å². The molecule has 128 valence electrons. The number of nitrogens with zero attached hydrogens (tertiary/aromatic N) is 1. The van der Waals surface area contributed by atoms with Crippen LogP contribution in [0.1, 0.15) is 51.7 Å². The van der Waals surface area contributed by atoms with E-state index in [9.17, 15) is 0 Å². The van der Waals surface area contributed by atoms with Gasteiger partial charge in [0.1, 0.15) is 0 Å². The molecular formula is C18H29ClN2OSi. The number of benzene rings is 1. The summed E-state index contributed by atoms with van der Waals surface area (Å²) in [7, 11) is -1.78. The van der Waals surface area contributed by atoms with Crippen molar-refractivity contribution in [2.75, 3.05) is 0 Å². The van der Waals surface area contributed by atoms with Crippen molar-refractivity contribution in [3.8, 4) is 0 Å². The zero-order valence-electron chi connectivity index (χ0n) is 15.2. The average molecular weight is 353 g/mol. The molecule has 23 heavy (non-hydrogen) atoms. The van der Waals surface area contributed by atoms with Crippen LogP contribution in [0.4, 0.5) is 0 Å². The van der Waals surface area contributed by atoms with Gasteiger partial charge in [0.15, 0.2) is 8.32 Å². The van der Waals surface area contributed by atoms with Crippen molar-refractivity contribution in [1.29, 1.82) is 0 Å². The Morgan fingerprint density at radius 2 is 2.04 bits per heavy atom. The molecule has 0 radical (unpaired) electrons. The monoisotopic (exact) mass is 352 g/mol. The van der Waals surface area contributed by atoms with Crippen molar-refractivity contribution in [3.63, 3.8) is 0 Å². The van der Waals surface area contributed by atoms with E-state index < -0.39 is 8.32 Å². The van der Waals surface area contributed by atoms with Crippen LogP contribution in [0.2, 0.25) is 23.2 Å². The number of hydrazone groups is 1. The van der Waals surface area contributed by atoms with Gasteiger partial charge in [-0.3, -0.25) is 0 Å². The van der Waals surface area contributed by atoms with Gasteiger partial charge in [-0.2, -0.15) is 5.10 Å². The summed E-state index contributed by atoms with van der Waals surface area (Å²) in [6, 6.07) is 6.59. The molecule has 0 bridgehead atoms. The fourth-order valence-electron chi connectivity index (χ4n) is 2.21. The fraction of sp³-hybridized carbons (Fsp3) is 0.611. The van der Waals surface area contributed by atoms with Crippen molar-refractivity contribution in [2.24, 2.45) is 5.10 Å². The van der Waals surface area contributed by atoms with Crippen molar-refractivity contribution >= 4 is 25.6 Å². The predicted octanol–water partition coefficient (Wildman–Crippen LogP) is 5.34. The summed E-state index contributed by atoms with van der Waals surface area (Å²) in [6.45, 7) is 14.0. The van der Waals surface area contributed by atoms with Crippen LogP contribution in [0, 0.1) is 0 Å². The van der Waals surface area contributed by atoms with Gasteiger partial charge in [0.25, 0.3) is 0 Å². The molecule has 1 atom stereocenters. The highest BCUT2D eigenvalue weighted by atomic mass is 35.5. The number of hydrogen-bond donors (Lipinski definition) is 1. The van der Waals surface area contributed by atoms with Crippen LogP contribution in [-0.2, 0) is 11.0 Å². The zero-order chi connectivity index (χ0) is 17.3. The van der Waals surface area contributed by atoms with Crippen LogP contribution >= 0.6 is 11.6 Å². The molecule has 0 aliphatic carbocycles. The maximum Gasteiger partial charge on any atom is 0.192 e. The lowest BCUT2D eigenvalue weighted by Crippen LogP contribution is -2.40. The number of rotatable bonds is 4. The molecule has 1 aromatic carbocycles. The van der Waals surface area contributed by atoms with Crippen LogP contribution in [-0.4, -0.2) is 20.1 Å². The maximum atomic E-state index is 6.38. The lowest BCUT2D eigenvalue weighted by molar-refractivity contribution is 0.276. The first-order valence-corrected chi connectivity index (χ1v) is 11.6. The Kier molecular flexibility index (Phi) is 5.59. The van der Waals surface area contributed by atoms with E-state index in [1.165, 1.54) is 0 Å². The Bertz CT molecular complexity index is 593. The summed E-state index contributed by atoms with van der Waals surface area (Å²) in [6.07, 6.45) is 2.11. The van der Waals surface area contributed by atoms with E-state index in [2.05, 4.69) is 63.4 Å². The van der Waals surface area contributed by atoms with Crippen molar-refractivity contribution < 1.29 is 4.43 Å². The van der Waals surface area contributed by atoms with E-state index in [1.54, 1.807) is 0 Å². The Morgan fingerprint density at radius 3 is 2.61 bits per heavy atom. The van der Waals surface area contributed by atoms with Gasteiger partial charge in [0.05, 0.1) is 12.3 Å². The van der Waals surface area contributed by atoms with E-state index in [0.717, 1.165) is 34.7 Å². The van der Waals surface area contributed by atoms with Crippen LogP contribution in [0.25, 0.3) is 0 Å². The van der Waals surface area contributed by atoms with Crippen LogP contribution in [0.15, 0.2) is 23.3 Å². The van der Waals surface area contributed by atoms with Gasteiger partial charge < -0.3 is 9.85 Å². The highest BCUT2D eigenvalue weighted by Crippen LogP contribution is 2.37. The summed E-state index contributed by atoms with van der Waals surface area (Å²) < 4.78 is 6.32. The largest absolute Gasteiger partial charge is 0.413 e. The predicted molar refractivity (Wildman–Crippen MR) is 102 cm³/mol. The molecule has 5 heteroatoms. The van der Waals surface area contributed by atoms with Crippen molar-refractivity contribution in [3.05, 3.63) is 34.3 Å². The van der Waals surface area contributed by atoms with Gasteiger partial charge >= 0.3 is 0 Å². The Labute approximate surface area is 146 Å². The molecular weight excluding hydrogens is 324 g/mol. The molecule has 1 N–H and O–H groups in total. The highest BCUT2D eigenvalue weighted by molar-refractivity contribution is 6.74. The Balaban J connectivity index is 2.15. The normalized spacial score (nSPS) is 19.3. The topological polar surface area (TPSA) is 33.6 Å². The Hall–Kier alpha value is -0.843. The molecule has 0 aromatic heterocycles. The molecule has 1 heterocycles. The van der Waals surface area contributed by atoms with Crippen LogP contribution < -0.4 is 5.43 Å². The minimum Gasteiger partial charge on any atom is -0.413 e. The summed E-state index contributed by atoms with van der Waals surface area (Å²) in [5, 5.41) is 5.46. The molecule has 0 saturated carbocycles. The molecule has 3 nitrogen and oxygen atoms in total. The molecule has 2 rings (SSSR count). The number of hydrogen-bond acceptors (Lipinski definition) is 3. The van der Waals surface area contributed by atoms with Gasteiger partial charge in [0, 0.05) is 11.1 Å². The van der Waals surface area contributed by atoms with E-state index in [0.29, 0.717) is 12.6 Å².